The van der Waals surface area contributed by atoms with Crippen molar-refractivity contribution in [1.29, 1.82) is 0 Å². The lowest BCUT2D eigenvalue weighted by Gasteiger charge is -2.31. The molecule has 1 saturated heterocycles. The number of aryl methyl sites for hydroxylation is 2. The van der Waals surface area contributed by atoms with E-state index in [0.29, 0.717) is 17.0 Å². The Balaban J connectivity index is 1.37. The normalized spacial score (nSPS) is 22.3. The molecule has 1 fully saturated rings. The first-order valence-corrected chi connectivity index (χ1v) is 12.1. The molecule has 0 bridgehead atoms. The number of fused-ring (bicyclic) bond motifs is 3. The molecule has 1 aliphatic heterocycles. The molecule has 0 saturated carbocycles. The summed E-state index contributed by atoms with van der Waals surface area (Å²) in [5, 5.41) is 7.91. The summed E-state index contributed by atoms with van der Waals surface area (Å²) in [7, 11) is 0. The summed E-state index contributed by atoms with van der Waals surface area (Å²) < 4.78 is 0. The fraction of sp³-hybridized carbons (Fsp3) is 0.429. The Bertz CT molecular complexity index is 1120. The minimum Gasteiger partial charge on any atom is -0.365 e. The molecule has 0 radical (unpaired) electrons. The van der Waals surface area contributed by atoms with Crippen molar-refractivity contribution < 1.29 is 19.2 Å². The smallest absolute Gasteiger partial charge is 0.325 e. The number of imide groups is 1. The molecule has 0 aromatic carbocycles. The van der Waals surface area contributed by atoms with E-state index in [9.17, 15) is 19.2 Å². The summed E-state index contributed by atoms with van der Waals surface area (Å²) >= 11 is 2.94. The number of hydrogen-bond acceptors (Lipinski definition) is 6. The van der Waals surface area contributed by atoms with Crippen LogP contribution in [0.2, 0.25) is 0 Å². The molecule has 5 amide bonds. The van der Waals surface area contributed by atoms with E-state index in [4.69, 9.17) is 5.73 Å². The van der Waals surface area contributed by atoms with Crippen LogP contribution in [0.25, 0.3) is 0 Å². The van der Waals surface area contributed by atoms with Gasteiger partial charge in [0.1, 0.15) is 17.1 Å². The number of amides is 5. The molecule has 3 heterocycles. The Kier molecular flexibility index (Phi) is 4.86. The quantitative estimate of drug-likeness (QED) is 0.610. The largest absolute Gasteiger partial charge is 0.365 e. The van der Waals surface area contributed by atoms with Gasteiger partial charge in [0.2, 0.25) is 5.91 Å². The van der Waals surface area contributed by atoms with Crippen LogP contribution in [0, 0.1) is 0 Å². The van der Waals surface area contributed by atoms with E-state index in [1.165, 1.54) is 11.3 Å². The summed E-state index contributed by atoms with van der Waals surface area (Å²) in [5.41, 5.74) is 6.62. The van der Waals surface area contributed by atoms with Gasteiger partial charge in [-0.05, 0) is 62.0 Å². The number of rotatable bonds is 4. The van der Waals surface area contributed by atoms with Gasteiger partial charge < -0.3 is 16.4 Å². The minimum absolute atomic E-state index is 0.358. The molecule has 3 aliphatic rings. The van der Waals surface area contributed by atoms with Gasteiger partial charge in [-0.1, -0.05) is 0 Å². The molecule has 1 atom stereocenters. The molecule has 4 N–H and O–H groups in total. The number of nitrogens with zero attached hydrogens (tertiary/aromatic N) is 1. The average molecular weight is 459 g/mol. The van der Waals surface area contributed by atoms with Crippen LogP contribution in [-0.4, -0.2) is 35.2 Å². The van der Waals surface area contributed by atoms with Crippen molar-refractivity contribution in [3.63, 3.8) is 0 Å². The lowest BCUT2D eigenvalue weighted by Crippen LogP contribution is -2.46. The predicted octanol–water partition coefficient (Wildman–Crippen LogP) is 2.51. The maximum atomic E-state index is 13.3. The van der Waals surface area contributed by atoms with Gasteiger partial charge >= 0.3 is 6.03 Å². The summed E-state index contributed by atoms with van der Waals surface area (Å²) in [5.74, 6) is -1.49. The number of urea groups is 1. The fourth-order valence-electron chi connectivity index (χ4n) is 4.91. The molecule has 2 aromatic rings. The highest BCUT2D eigenvalue weighted by Crippen LogP contribution is 2.42. The average Bonchev–Trinajstić information content (AvgIpc) is 3.40. The number of hydrogen-bond donors (Lipinski definition) is 3. The van der Waals surface area contributed by atoms with Crippen molar-refractivity contribution in [3.05, 3.63) is 37.9 Å². The Morgan fingerprint density at radius 3 is 2.74 bits per heavy atom. The van der Waals surface area contributed by atoms with E-state index in [1.54, 1.807) is 11.3 Å². The number of primary amides is 1. The lowest BCUT2D eigenvalue weighted by molar-refractivity contribution is -0.134. The summed E-state index contributed by atoms with van der Waals surface area (Å²) in [6.45, 7) is -0.410. The third-order valence-electron chi connectivity index (χ3n) is 6.31. The van der Waals surface area contributed by atoms with E-state index in [1.807, 2.05) is 11.4 Å². The SMILES string of the molecule is NC(=O)c1c(NC(=O)CN2C(=O)N[C@]3(CCCc4sccc43)C2=O)sc2c1CCCC2. The molecule has 5 rings (SSSR count). The third-order valence-corrected chi connectivity index (χ3v) is 8.50. The summed E-state index contributed by atoms with van der Waals surface area (Å²) in [6, 6.07) is 1.32. The van der Waals surface area contributed by atoms with Gasteiger partial charge in [-0.15, -0.1) is 22.7 Å². The number of carbonyl (C=O) groups excluding carboxylic acids is 4. The number of nitrogens with two attached hydrogens (primary N) is 1. The first kappa shape index (κ1) is 20.2. The first-order chi connectivity index (χ1) is 14.9. The van der Waals surface area contributed by atoms with Crippen LogP contribution in [0.3, 0.4) is 0 Å². The summed E-state index contributed by atoms with van der Waals surface area (Å²) in [6.07, 6.45) is 5.83. The third kappa shape index (κ3) is 3.16. The highest BCUT2D eigenvalue weighted by atomic mass is 32.1. The van der Waals surface area contributed by atoms with Crippen LogP contribution in [0.5, 0.6) is 0 Å². The minimum atomic E-state index is -1.08. The second-order valence-electron chi connectivity index (χ2n) is 8.17. The van der Waals surface area contributed by atoms with E-state index < -0.39 is 35.8 Å². The topological polar surface area (TPSA) is 122 Å². The van der Waals surface area contributed by atoms with Crippen LogP contribution < -0.4 is 16.4 Å². The van der Waals surface area contributed by atoms with Crippen LogP contribution in [0.15, 0.2) is 11.4 Å². The number of nitrogens with one attached hydrogen (secondary N) is 2. The Morgan fingerprint density at radius 2 is 1.94 bits per heavy atom. The highest BCUT2D eigenvalue weighted by molar-refractivity contribution is 7.17. The van der Waals surface area contributed by atoms with Gasteiger partial charge in [-0.25, -0.2) is 4.79 Å². The molecule has 10 heteroatoms. The van der Waals surface area contributed by atoms with Crippen LogP contribution >= 0.6 is 22.7 Å². The molecule has 0 unspecified atom stereocenters. The zero-order valence-corrected chi connectivity index (χ0v) is 18.4. The maximum absolute atomic E-state index is 13.3. The van der Waals surface area contributed by atoms with Gasteiger partial charge in [0.05, 0.1) is 5.56 Å². The van der Waals surface area contributed by atoms with Crippen LogP contribution in [-0.2, 0) is 34.4 Å². The van der Waals surface area contributed by atoms with E-state index in [2.05, 4.69) is 10.6 Å². The van der Waals surface area contributed by atoms with Gasteiger partial charge in [-0.2, -0.15) is 0 Å². The number of anilines is 1. The Hall–Kier alpha value is -2.72. The van der Waals surface area contributed by atoms with Crippen LogP contribution in [0.4, 0.5) is 9.80 Å². The van der Waals surface area contributed by atoms with Crippen molar-refractivity contribution in [2.75, 3.05) is 11.9 Å². The van der Waals surface area contributed by atoms with Crippen molar-refractivity contribution >= 4 is 51.4 Å². The zero-order valence-electron chi connectivity index (χ0n) is 16.8. The molecule has 2 aromatic heterocycles. The molecule has 8 nitrogen and oxygen atoms in total. The Labute approximate surface area is 186 Å². The molecule has 1 spiro atoms. The zero-order chi connectivity index (χ0) is 21.8. The second kappa shape index (κ2) is 7.45. The molecule has 2 aliphatic carbocycles. The van der Waals surface area contributed by atoms with Gasteiger partial charge in [0.25, 0.3) is 11.8 Å². The van der Waals surface area contributed by atoms with Gasteiger partial charge in [0.15, 0.2) is 0 Å². The lowest BCUT2D eigenvalue weighted by atomic mass is 9.80. The second-order valence-corrected chi connectivity index (χ2v) is 10.3. The van der Waals surface area contributed by atoms with Crippen molar-refractivity contribution in [2.45, 2.75) is 50.5 Å². The maximum Gasteiger partial charge on any atom is 0.325 e. The van der Waals surface area contributed by atoms with E-state index in [-0.39, 0.29) is 0 Å². The first-order valence-electron chi connectivity index (χ1n) is 10.4. The molecular formula is C21H22N4O4S2. The van der Waals surface area contributed by atoms with Gasteiger partial charge in [0, 0.05) is 15.3 Å². The number of thiophene rings is 2. The van der Waals surface area contributed by atoms with E-state index >= 15 is 0 Å². The van der Waals surface area contributed by atoms with Crippen molar-refractivity contribution in [3.8, 4) is 0 Å². The summed E-state index contributed by atoms with van der Waals surface area (Å²) in [4.78, 5) is 53.9. The molecule has 31 heavy (non-hydrogen) atoms. The standard InChI is InChI=1S/C21H22N4O4S2/c22-17(27)16-11-4-1-2-5-13(11)31-18(16)23-15(26)10-25-19(28)21(24-20(25)29)8-3-6-14-12(21)7-9-30-14/h7,9H,1-6,8,10H2,(H2,22,27)(H,23,26)(H,24,29)/t21-/m0/s1. The van der Waals surface area contributed by atoms with Crippen molar-refractivity contribution in [1.82, 2.24) is 10.2 Å². The molecule has 162 valence electrons. The fourth-order valence-corrected chi connectivity index (χ4v) is 7.22. The highest BCUT2D eigenvalue weighted by Gasteiger charge is 2.54. The van der Waals surface area contributed by atoms with Crippen molar-refractivity contribution in [2.24, 2.45) is 5.73 Å². The number of carbonyl (C=O) groups is 4. The Morgan fingerprint density at radius 1 is 1.16 bits per heavy atom. The molecular weight excluding hydrogens is 436 g/mol. The monoisotopic (exact) mass is 458 g/mol. The van der Waals surface area contributed by atoms with Gasteiger partial charge in [-0.3, -0.25) is 19.3 Å². The van der Waals surface area contributed by atoms with E-state index in [0.717, 1.165) is 64.3 Å². The predicted molar refractivity (Wildman–Crippen MR) is 117 cm³/mol. The van der Waals surface area contributed by atoms with Crippen LogP contribution in [0.1, 0.15) is 56.9 Å².